The van der Waals surface area contributed by atoms with Crippen molar-refractivity contribution in [1.82, 2.24) is 14.9 Å². The monoisotopic (exact) mass is 478 g/mol. The van der Waals surface area contributed by atoms with Gasteiger partial charge in [0.2, 0.25) is 0 Å². The molecule has 2 aromatic carbocycles. The minimum atomic E-state index is -3.59. The summed E-state index contributed by atoms with van der Waals surface area (Å²) in [7, 11) is -3.59. The lowest BCUT2D eigenvalue weighted by molar-refractivity contribution is 0.0746. The molecule has 1 fully saturated rings. The van der Waals surface area contributed by atoms with Crippen LogP contribution < -0.4 is 4.90 Å². The van der Waals surface area contributed by atoms with Crippen LogP contribution in [0.2, 0.25) is 0 Å². The Hall–Kier alpha value is -3.30. The first-order valence-electron chi connectivity index (χ1n) is 10.6. The smallest absolute Gasteiger partial charge is 0.253 e. The Morgan fingerprint density at radius 1 is 0.909 bits per heavy atom. The van der Waals surface area contributed by atoms with Gasteiger partial charge in [0, 0.05) is 54.9 Å². The number of thiazole rings is 1. The lowest BCUT2D eigenvalue weighted by Gasteiger charge is -2.34. The van der Waals surface area contributed by atoms with Crippen LogP contribution in [-0.2, 0) is 15.6 Å². The van der Waals surface area contributed by atoms with Gasteiger partial charge in [-0.2, -0.15) is 0 Å². The molecule has 1 saturated heterocycles. The molecule has 4 aromatic rings. The summed E-state index contributed by atoms with van der Waals surface area (Å²) in [5, 5.41) is 3.72. The van der Waals surface area contributed by atoms with E-state index in [0.29, 0.717) is 29.7 Å². The van der Waals surface area contributed by atoms with Crippen LogP contribution in [0.4, 0.5) is 5.13 Å². The SMILES string of the molecule is O=C(c1ccc(CS(=O)(=O)c2cccc3cccnc23)cc1)N1CCN(c2nccs2)CC1. The van der Waals surface area contributed by atoms with Crippen molar-refractivity contribution in [3.8, 4) is 0 Å². The topological polar surface area (TPSA) is 83.5 Å². The number of hydrogen-bond acceptors (Lipinski definition) is 7. The number of carbonyl (C=O) groups excluding carboxylic acids is 1. The minimum absolute atomic E-state index is 0.0403. The highest BCUT2D eigenvalue weighted by molar-refractivity contribution is 7.90. The number of sulfone groups is 1. The number of fused-ring (bicyclic) bond motifs is 1. The number of carbonyl (C=O) groups is 1. The Bertz CT molecular complexity index is 1370. The molecule has 168 valence electrons. The second-order valence-electron chi connectivity index (χ2n) is 7.88. The molecule has 3 heterocycles. The summed E-state index contributed by atoms with van der Waals surface area (Å²) in [6.45, 7) is 2.74. The summed E-state index contributed by atoms with van der Waals surface area (Å²) >= 11 is 1.60. The molecule has 0 bridgehead atoms. The summed E-state index contributed by atoms with van der Waals surface area (Å²) in [6.07, 6.45) is 3.38. The van der Waals surface area contributed by atoms with Gasteiger partial charge in [0.05, 0.1) is 16.2 Å². The van der Waals surface area contributed by atoms with Gasteiger partial charge < -0.3 is 9.80 Å². The fourth-order valence-electron chi connectivity index (χ4n) is 4.02. The van der Waals surface area contributed by atoms with Crippen molar-refractivity contribution in [3.63, 3.8) is 0 Å². The summed E-state index contributed by atoms with van der Waals surface area (Å²) in [4.78, 5) is 25.8. The van der Waals surface area contributed by atoms with E-state index in [1.54, 1.807) is 66.2 Å². The summed E-state index contributed by atoms with van der Waals surface area (Å²) in [5.41, 5.74) is 1.67. The van der Waals surface area contributed by atoms with Gasteiger partial charge in [0.25, 0.3) is 5.91 Å². The van der Waals surface area contributed by atoms with E-state index in [2.05, 4.69) is 14.9 Å². The molecule has 7 nitrogen and oxygen atoms in total. The molecule has 2 aromatic heterocycles. The average molecular weight is 479 g/mol. The van der Waals surface area contributed by atoms with Crippen molar-refractivity contribution in [3.05, 3.63) is 83.5 Å². The molecule has 0 spiro atoms. The maximum Gasteiger partial charge on any atom is 0.253 e. The second-order valence-corrected chi connectivity index (χ2v) is 10.7. The van der Waals surface area contributed by atoms with Crippen molar-refractivity contribution in [2.45, 2.75) is 10.6 Å². The normalized spacial score (nSPS) is 14.5. The van der Waals surface area contributed by atoms with Gasteiger partial charge >= 0.3 is 0 Å². The van der Waals surface area contributed by atoms with E-state index in [1.807, 2.05) is 22.4 Å². The van der Waals surface area contributed by atoms with Crippen LogP contribution in [0, 0.1) is 0 Å². The van der Waals surface area contributed by atoms with E-state index < -0.39 is 9.84 Å². The number of hydrogen-bond donors (Lipinski definition) is 0. The van der Waals surface area contributed by atoms with Crippen molar-refractivity contribution in [2.24, 2.45) is 0 Å². The minimum Gasteiger partial charge on any atom is -0.345 e. The lowest BCUT2D eigenvalue weighted by atomic mass is 10.1. The Labute approximate surface area is 196 Å². The highest BCUT2D eigenvalue weighted by Crippen LogP contribution is 2.25. The van der Waals surface area contributed by atoms with Crippen LogP contribution in [0.25, 0.3) is 10.9 Å². The first-order valence-corrected chi connectivity index (χ1v) is 13.1. The molecule has 0 aliphatic carbocycles. The first kappa shape index (κ1) is 21.5. The third-order valence-corrected chi connectivity index (χ3v) is 8.29. The van der Waals surface area contributed by atoms with Gasteiger partial charge in [0.15, 0.2) is 15.0 Å². The van der Waals surface area contributed by atoms with Crippen LogP contribution in [0.15, 0.2) is 77.3 Å². The van der Waals surface area contributed by atoms with E-state index in [1.165, 1.54) is 0 Å². The average Bonchev–Trinajstić information content (AvgIpc) is 3.39. The molecule has 1 amide bonds. The molecule has 0 atom stereocenters. The lowest BCUT2D eigenvalue weighted by Crippen LogP contribution is -2.48. The number of anilines is 1. The number of para-hydroxylation sites is 1. The molecule has 0 saturated carbocycles. The van der Waals surface area contributed by atoms with Crippen molar-refractivity contribution >= 4 is 43.1 Å². The third-order valence-electron chi connectivity index (χ3n) is 5.75. The zero-order chi connectivity index (χ0) is 22.8. The van der Waals surface area contributed by atoms with E-state index in [0.717, 1.165) is 23.6 Å². The fraction of sp³-hybridized carbons (Fsp3) is 0.208. The Morgan fingerprint density at radius 2 is 1.67 bits per heavy atom. The third kappa shape index (κ3) is 4.46. The van der Waals surface area contributed by atoms with Gasteiger partial charge in [-0.3, -0.25) is 9.78 Å². The van der Waals surface area contributed by atoms with Crippen LogP contribution in [0.5, 0.6) is 0 Å². The molecule has 33 heavy (non-hydrogen) atoms. The second kappa shape index (κ2) is 8.92. The summed E-state index contributed by atoms with van der Waals surface area (Å²) in [5.74, 6) is -0.189. The highest BCUT2D eigenvalue weighted by atomic mass is 32.2. The van der Waals surface area contributed by atoms with E-state index >= 15 is 0 Å². The van der Waals surface area contributed by atoms with E-state index in [4.69, 9.17) is 0 Å². The summed E-state index contributed by atoms with van der Waals surface area (Å²) < 4.78 is 26.2. The Balaban J connectivity index is 1.27. The molecular formula is C24H22N4O3S2. The molecule has 1 aliphatic rings. The predicted molar refractivity (Wildman–Crippen MR) is 129 cm³/mol. The van der Waals surface area contributed by atoms with Crippen LogP contribution in [0.1, 0.15) is 15.9 Å². The Kier molecular flexibility index (Phi) is 5.82. The quantitative estimate of drug-likeness (QED) is 0.436. The van der Waals surface area contributed by atoms with Gasteiger partial charge in [-0.25, -0.2) is 13.4 Å². The molecule has 0 N–H and O–H groups in total. The van der Waals surface area contributed by atoms with Gasteiger partial charge in [0.1, 0.15) is 0 Å². The molecule has 1 aliphatic heterocycles. The molecule has 5 rings (SSSR count). The van der Waals surface area contributed by atoms with E-state index in [-0.39, 0.29) is 16.6 Å². The van der Waals surface area contributed by atoms with Crippen molar-refractivity contribution in [2.75, 3.05) is 31.1 Å². The van der Waals surface area contributed by atoms with Crippen molar-refractivity contribution in [1.29, 1.82) is 0 Å². The number of benzene rings is 2. The molecule has 9 heteroatoms. The van der Waals surface area contributed by atoms with E-state index in [9.17, 15) is 13.2 Å². The van der Waals surface area contributed by atoms with Gasteiger partial charge in [-0.05, 0) is 29.8 Å². The fourth-order valence-corrected chi connectivity index (χ4v) is 6.26. The van der Waals surface area contributed by atoms with Crippen molar-refractivity contribution < 1.29 is 13.2 Å². The zero-order valence-electron chi connectivity index (χ0n) is 17.8. The number of amides is 1. The number of piperazine rings is 1. The van der Waals surface area contributed by atoms with Crippen LogP contribution in [0.3, 0.4) is 0 Å². The molecule has 0 radical (unpaired) electrons. The number of nitrogens with zero attached hydrogens (tertiary/aromatic N) is 4. The largest absolute Gasteiger partial charge is 0.345 e. The zero-order valence-corrected chi connectivity index (χ0v) is 19.4. The van der Waals surface area contributed by atoms with Crippen LogP contribution >= 0.6 is 11.3 Å². The number of pyridine rings is 1. The molecule has 0 unspecified atom stereocenters. The highest BCUT2D eigenvalue weighted by Gasteiger charge is 2.24. The number of rotatable bonds is 5. The number of aromatic nitrogens is 2. The maximum atomic E-state index is 13.1. The van der Waals surface area contributed by atoms with Crippen LogP contribution in [-0.4, -0.2) is 55.4 Å². The van der Waals surface area contributed by atoms with Gasteiger partial charge in [-0.1, -0.05) is 30.3 Å². The first-order chi connectivity index (χ1) is 16.0. The standard InChI is InChI=1S/C24H22N4O3S2/c29-23(27-12-14-28(15-13-27)24-26-11-16-32-24)20-8-6-18(7-9-20)17-33(30,31)21-5-1-3-19-4-2-10-25-22(19)21/h1-11,16H,12-15,17H2. The Morgan fingerprint density at radius 3 is 2.39 bits per heavy atom. The maximum absolute atomic E-state index is 13.1. The summed E-state index contributed by atoms with van der Waals surface area (Å²) in [6, 6.07) is 15.7. The predicted octanol–water partition coefficient (Wildman–Crippen LogP) is 3.63. The molecular weight excluding hydrogens is 456 g/mol. The van der Waals surface area contributed by atoms with Gasteiger partial charge in [-0.15, -0.1) is 11.3 Å².